The third-order valence-corrected chi connectivity index (χ3v) is 2.20. The van der Waals surface area contributed by atoms with E-state index < -0.39 is 0 Å². The molecule has 1 rings (SSSR count). The van der Waals surface area contributed by atoms with Crippen molar-refractivity contribution in [3.63, 3.8) is 0 Å². The van der Waals surface area contributed by atoms with E-state index in [9.17, 15) is 0 Å². The molecule has 0 spiro atoms. The lowest BCUT2D eigenvalue weighted by molar-refractivity contribution is 0.156. The molecule has 0 radical (unpaired) electrons. The lowest BCUT2D eigenvalue weighted by atomic mass is 10.1. The van der Waals surface area contributed by atoms with Gasteiger partial charge in [-0.2, -0.15) is 0 Å². The van der Waals surface area contributed by atoms with Crippen molar-refractivity contribution in [3.05, 3.63) is 17.8 Å². The Balaban J connectivity index is 2.38. The largest absolute Gasteiger partial charge is 0.446 e. The third kappa shape index (κ3) is 4.44. The number of hydrogen-bond acceptors (Lipinski definition) is 4. The number of aryl methyl sites for hydroxylation is 1. The monoisotopic (exact) mass is 212 g/mol. The van der Waals surface area contributed by atoms with Crippen LogP contribution in [0.3, 0.4) is 0 Å². The highest BCUT2D eigenvalue weighted by molar-refractivity contribution is 4.95. The van der Waals surface area contributed by atoms with Gasteiger partial charge in [0, 0.05) is 26.6 Å². The van der Waals surface area contributed by atoms with Crippen LogP contribution in [-0.2, 0) is 17.6 Å². The average Bonchev–Trinajstić information content (AvgIpc) is 2.63. The molecule has 2 N–H and O–H groups in total. The summed E-state index contributed by atoms with van der Waals surface area (Å²) in [4.78, 5) is 4.20. The average molecular weight is 212 g/mol. The lowest BCUT2D eigenvalue weighted by Crippen LogP contribution is -2.06. The van der Waals surface area contributed by atoms with Crippen LogP contribution in [0.4, 0.5) is 0 Å². The fourth-order valence-electron chi connectivity index (χ4n) is 1.50. The fourth-order valence-corrected chi connectivity index (χ4v) is 1.50. The summed E-state index contributed by atoms with van der Waals surface area (Å²) in [6, 6.07) is 0. The summed E-state index contributed by atoms with van der Waals surface area (Å²) in [6.45, 7) is 3.56. The SMILES string of the molecule is COCC(C)Cc1cnc(CCCN)o1. The summed E-state index contributed by atoms with van der Waals surface area (Å²) in [7, 11) is 1.71. The predicted molar refractivity (Wildman–Crippen MR) is 58.6 cm³/mol. The van der Waals surface area contributed by atoms with Gasteiger partial charge in [0.2, 0.25) is 0 Å². The maximum Gasteiger partial charge on any atom is 0.194 e. The number of hydrogen-bond donors (Lipinski definition) is 1. The third-order valence-electron chi connectivity index (χ3n) is 2.20. The fraction of sp³-hybridized carbons (Fsp3) is 0.727. The van der Waals surface area contributed by atoms with Crippen LogP contribution in [-0.4, -0.2) is 25.2 Å². The zero-order chi connectivity index (χ0) is 11.1. The van der Waals surface area contributed by atoms with E-state index in [0.717, 1.165) is 37.5 Å². The molecule has 1 heterocycles. The molecule has 0 saturated carbocycles. The number of oxazole rings is 1. The van der Waals surface area contributed by atoms with Gasteiger partial charge in [0.05, 0.1) is 6.20 Å². The van der Waals surface area contributed by atoms with E-state index in [1.54, 1.807) is 13.3 Å². The van der Waals surface area contributed by atoms with Gasteiger partial charge in [-0.15, -0.1) is 0 Å². The Kier molecular flexibility index (Phi) is 5.36. The highest BCUT2D eigenvalue weighted by Gasteiger charge is 2.08. The number of nitrogens with two attached hydrogens (primary N) is 1. The van der Waals surface area contributed by atoms with Gasteiger partial charge in [0.15, 0.2) is 5.89 Å². The molecular formula is C11H20N2O2. The molecule has 0 amide bonds. The van der Waals surface area contributed by atoms with Gasteiger partial charge >= 0.3 is 0 Å². The Hall–Kier alpha value is -0.870. The number of nitrogens with zero attached hydrogens (tertiary/aromatic N) is 1. The molecule has 1 unspecified atom stereocenters. The predicted octanol–water partition coefficient (Wildman–Crippen LogP) is 1.39. The van der Waals surface area contributed by atoms with Gasteiger partial charge in [-0.1, -0.05) is 6.92 Å². The minimum Gasteiger partial charge on any atom is -0.446 e. The van der Waals surface area contributed by atoms with Crippen LogP contribution < -0.4 is 5.73 Å². The Morgan fingerprint density at radius 1 is 1.60 bits per heavy atom. The van der Waals surface area contributed by atoms with E-state index in [4.69, 9.17) is 14.9 Å². The van der Waals surface area contributed by atoms with E-state index in [2.05, 4.69) is 11.9 Å². The van der Waals surface area contributed by atoms with Gasteiger partial charge in [-0.3, -0.25) is 0 Å². The van der Waals surface area contributed by atoms with Gasteiger partial charge in [0.25, 0.3) is 0 Å². The van der Waals surface area contributed by atoms with Crippen molar-refractivity contribution in [2.24, 2.45) is 11.7 Å². The van der Waals surface area contributed by atoms with E-state index >= 15 is 0 Å². The van der Waals surface area contributed by atoms with Crippen LogP contribution >= 0.6 is 0 Å². The van der Waals surface area contributed by atoms with Crippen molar-refractivity contribution in [2.75, 3.05) is 20.3 Å². The molecule has 0 bridgehead atoms. The minimum atomic E-state index is 0.463. The molecular weight excluding hydrogens is 192 g/mol. The van der Waals surface area contributed by atoms with Gasteiger partial charge in [0.1, 0.15) is 5.76 Å². The normalized spacial score (nSPS) is 13.0. The second kappa shape index (κ2) is 6.58. The van der Waals surface area contributed by atoms with Crippen LogP contribution in [0.25, 0.3) is 0 Å². The van der Waals surface area contributed by atoms with Crippen LogP contribution in [0.1, 0.15) is 25.0 Å². The smallest absolute Gasteiger partial charge is 0.194 e. The molecule has 4 heteroatoms. The molecule has 4 nitrogen and oxygen atoms in total. The number of methoxy groups -OCH3 is 1. The maximum atomic E-state index is 5.58. The summed E-state index contributed by atoms with van der Waals surface area (Å²) < 4.78 is 10.6. The minimum absolute atomic E-state index is 0.463. The molecule has 1 atom stereocenters. The van der Waals surface area contributed by atoms with Crippen molar-refractivity contribution in [3.8, 4) is 0 Å². The number of aromatic nitrogens is 1. The highest BCUT2D eigenvalue weighted by atomic mass is 16.5. The van der Waals surface area contributed by atoms with E-state index in [-0.39, 0.29) is 0 Å². The summed E-state index contributed by atoms with van der Waals surface area (Å²) >= 11 is 0. The van der Waals surface area contributed by atoms with E-state index in [0.29, 0.717) is 12.5 Å². The molecule has 15 heavy (non-hydrogen) atoms. The second-order valence-corrected chi connectivity index (χ2v) is 3.88. The Morgan fingerprint density at radius 3 is 3.07 bits per heavy atom. The molecule has 1 aromatic heterocycles. The number of ether oxygens (including phenoxy) is 1. The molecule has 86 valence electrons. The quantitative estimate of drug-likeness (QED) is 0.742. The summed E-state index contributed by atoms with van der Waals surface area (Å²) in [5.41, 5.74) is 5.42. The zero-order valence-corrected chi connectivity index (χ0v) is 9.53. The first kappa shape index (κ1) is 12.2. The van der Waals surface area contributed by atoms with Crippen molar-refractivity contribution >= 4 is 0 Å². The van der Waals surface area contributed by atoms with E-state index in [1.165, 1.54) is 0 Å². The molecule has 0 aromatic carbocycles. The first-order valence-corrected chi connectivity index (χ1v) is 5.38. The zero-order valence-electron chi connectivity index (χ0n) is 9.53. The summed E-state index contributed by atoms with van der Waals surface area (Å²) in [6.07, 6.45) is 4.43. The first-order chi connectivity index (χ1) is 7.26. The first-order valence-electron chi connectivity index (χ1n) is 5.38. The summed E-state index contributed by atoms with van der Waals surface area (Å²) in [5, 5.41) is 0. The second-order valence-electron chi connectivity index (χ2n) is 3.88. The topological polar surface area (TPSA) is 61.3 Å². The van der Waals surface area contributed by atoms with Crippen LogP contribution in [0.15, 0.2) is 10.6 Å². The Morgan fingerprint density at radius 2 is 2.40 bits per heavy atom. The van der Waals surface area contributed by atoms with Crippen LogP contribution in [0.2, 0.25) is 0 Å². The highest BCUT2D eigenvalue weighted by Crippen LogP contribution is 2.11. The molecule has 0 aliphatic carbocycles. The van der Waals surface area contributed by atoms with Crippen molar-refractivity contribution in [2.45, 2.75) is 26.2 Å². The molecule has 0 saturated heterocycles. The van der Waals surface area contributed by atoms with Gasteiger partial charge in [-0.25, -0.2) is 4.98 Å². The maximum absolute atomic E-state index is 5.58. The number of rotatable bonds is 7. The van der Waals surface area contributed by atoms with Crippen LogP contribution in [0, 0.1) is 5.92 Å². The van der Waals surface area contributed by atoms with Crippen molar-refractivity contribution in [1.29, 1.82) is 0 Å². The molecule has 1 aromatic rings. The van der Waals surface area contributed by atoms with Crippen LogP contribution in [0.5, 0.6) is 0 Å². The Bertz CT molecular complexity index is 273. The lowest BCUT2D eigenvalue weighted by Gasteiger charge is -2.06. The Labute approximate surface area is 90.8 Å². The molecule has 0 aliphatic rings. The molecule has 0 aliphatic heterocycles. The van der Waals surface area contributed by atoms with E-state index in [1.807, 2.05) is 0 Å². The molecule has 0 fully saturated rings. The standard InChI is InChI=1S/C11H20N2O2/c1-9(8-14-2)6-10-7-13-11(15-10)4-3-5-12/h7,9H,3-6,8,12H2,1-2H3. The van der Waals surface area contributed by atoms with Crippen molar-refractivity contribution in [1.82, 2.24) is 4.98 Å². The van der Waals surface area contributed by atoms with Crippen molar-refractivity contribution < 1.29 is 9.15 Å². The van der Waals surface area contributed by atoms with Gasteiger partial charge < -0.3 is 14.9 Å². The van der Waals surface area contributed by atoms with Gasteiger partial charge in [-0.05, 0) is 18.9 Å². The summed E-state index contributed by atoms with van der Waals surface area (Å²) in [5.74, 6) is 2.19.